The van der Waals surface area contributed by atoms with Crippen LogP contribution in [-0.2, 0) is 13.0 Å². The molecule has 0 radical (unpaired) electrons. The van der Waals surface area contributed by atoms with Crippen LogP contribution in [0.3, 0.4) is 0 Å². The summed E-state index contributed by atoms with van der Waals surface area (Å²) in [6.07, 6.45) is 2.22. The van der Waals surface area contributed by atoms with Gasteiger partial charge in [0.05, 0.1) is 5.69 Å². The maximum atomic E-state index is 13.6. The van der Waals surface area contributed by atoms with Gasteiger partial charge in [0.25, 0.3) is 0 Å². The van der Waals surface area contributed by atoms with Crippen molar-refractivity contribution in [1.29, 1.82) is 0 Å². The molecule has 0 aromatic heterocycles. The Morgan fingerprint density at radius 2 is 2.05 bits per heavy atom. The summed E-state index contributed by atoms with van der Waals surface area (Å²) in [5, 5.41) is 2.96. The van der Waals surface area contributed by atoms with Gasteiger partial charge >= 0.3 is 0 Å². The highest BCUT2D eigenvalue weighted by molar-refractivity contribution is 5.56. The number of hydrogen-bond acceptors (Lipinski definition) is 2. The van der Waals surface area contributed by atoms with Crippen molar-refractivity contribution in [1.82, 2.24) is 0 Å². The predicted octanol–water partition coefficient (Wildman–Crippen LogP) is 3.96. The quantitative estimate of drug-likeness (QED) is 0.919. The fourth-order valence-electron chi connectivity index (χ4n) is 2.79. The number of halogens is 2. The summed E-state index contributed by atoms with van der Waals surface area (Å²) < 4.78 is 26.7. The molecule has 0 aliphatic carbocycles. The second-order valence-electron chi connectivity index (χ2n) is 5.44. The summed E-state index contributed by atoms with van der Waals surface area (Å²) in [6, 6.07) is 10.5. The molecule has 21 heavy (non-hydrogen) atoms. The van der Waals surface area contributed by atoms with E-state index >= 15 is 0 Å². The van der Waals surface area contributed by atoms with E-state index in [2.05, 4.69) is 29.4 Å². The molecule has 0 atom stereocenters. The van der Waals surface area contributed by atoms with Gasteiger partial charge in [0.15, 0.2) is 11.6 Å². The van der Waals surface area contributed by atoms with Gasteiger partial charge in [-0.1, -0.05) is 18.2 Å². The zero-order valence-corrected chi connectivity index (χ0v) is 12.0. The Bertz CT molecular complexity index is 655. The van der Waals surface area contributed by atoms with Crippen LogP contribution >= 0.6 is 0 Å². The number of benzene rings is 2. The van der Waals surface area contributed by atoms with Crippen LogP contribution < -0.4 is 10.2 Å². The van der Waals surface area contributed by atoms with Crippen molar-refractivity contribution in [3.05, 3.63) is 59.2 Å². The van der Waals surface area contributed by atoms with Crippen LogP contribution in [-0.4, -0.2) is 13.6 Å². The van der Waals surface area contributed by atoms with Crippen molar-refractivity contribution in [3.8, 4) is 0 Å². The van der Waals surface area contributed by atoms with Crippen molar-refractivity contribution in [3.63, 3.8) is 0 Å². The summed E-state index contributed by atoms with van der Waals surface area (Å²) in [4.78, 5) is 2.25. The molecule has 0 saturated heterocycles. The van der Waals surface area contributed by atoms with Gasteiger partial charge in [0, 0.05) is 25.8 Å². The molecular weight excluding hydrogens is 270 g/mol. The first kappa shape index (κ1) is 13.9. The van der Waals surface area contributed by atoms with Gasteiger partial charge in [-0.05, 0) is 42.2 Å². The summed E-state index contributed by atoms with van der Waals surface area (Å²) in [6.45, 7) is 1.57. The second-order valence-corrected chi connectivity index (χ2v) is 5.44. The van der Waals surface area contributed by atoms with Crippen molar-refractivity contribution in [2.24, 2.45) is 0 Å². The molecule has 4 heteroatoms. The molecule has 0 spiro atoms. The van der Waals surface area contributed by atoms with E-state index < -0.39 is 11.6 Å². The molecule has 0 unspecified atom stereocenters. The SMILES string of the molecule is CN1CCCc2cc(CNc3cccc(F)c3F)ccc21. The predicted molar refractivity (Wildman–Crippen MR) is 81.7 cm³/mol. The van der Waals surface area contributed by atoms with E-state index in [1.165, 1.54) is 17.3 Å². The molecule has 1 heterocycles. The van der Waals surface area contributed by atoms with E-state index in [9.17, 15) is 8.78 Å². The lowest BCUT2D eigenvalue weighted by molar-refractivity contribution is 0.511. The average Bonchev–Trinajstić information content (AvgIpc) is 2.49. The molecule has 2 nitrogen and oxygen atoms in total. The number of hydrogen-bond donors (Lipinski definition) is 1. The van der Waals surface area contributed by atoms with E-state index in [1.54, 1.807) is 6.07 Å². The van der Waals surface area contributed by atoms with Crippen LogP contribution in [0.2, 0.25) is 0 Å². The number of nitrogens with one attached hydrogen (secondary N) is 1. The van der Waals surface area contributed by atoms with E-state index in [-0.39, 0.29) is 5.69 Å². The number of nitrogens with zero attached hydrogens (tertiary/aromatic N) is 1. The van der Waals surface area contributed by atoms with Crippen LogP contribution in [0.5, 0.6) is 0 Å². The third-order valence-electron chi connectivity index (χ3n) is 3.93. The van der Waals surface area contributed by atoms with Crippen molar-refractivity contribution in [2.45, 2.75) is 19.4 Å². The first-order valence-electron chi connectivity index (χ1n) is 7.16. The van der Waals surface area contributed by atoms with Gasteiger partial charge in [-0.2, -0.15) is 0 Å². The molecule has 2 aromatic carbocycles. The maximum absolute atomic E-state index is 13.6. The molecule has 2 aromatic rings. The minimum Gasteiger partial charge on any atom is -0.379 e. The fourth-order valence-corrected chi connectivity index (χ4v) is 2.79. The first-order chi connectivity index (χ1) is 10.1. The normalized spacial score (nSPS) is 14.0. The van der Waals surface area contributed by atoms with Gasteiger partial charge in [0.2, 0.25) is 0 Å². The monoisotopic (exact) mass is 288 g/mol. The summed E-state index contributed by atoms with van der Waals surface area (Å²) in [5.41, 5.74) is 3.86. The minimum absolute atomic E-state index is 0.199. The lowest BCUT2D eigenvalue weighted by atomic mass is 9.99. The molecule has 110 valence electrons. The first-order valence-corrected chi connectivity index (χ1v) is 7.16. The lowest BCUT2D eigenvalue weighted by Crippen LogP contribution is -2.24. The third-order valence-corrected chi connectivity index (χ3v) is 3.93. The Balaban J connectivity index is 1.75. The summed E-state index contributed by atoms with van der Waals surface area (Å²) in [7, 11) is 2.10. The third kappa shape index (κ3) is 2.84. The molecule has 0 amide bonds. The zero-order chi connectivity index (χ0) is 14.8. The Kier molecular flexibility index (Phi) is 3.78. The van der Waals surface area contributed by atoms with Crippen LogP contribution in [0, 0.1) is 11.6 Å². The zero-order valence-electron chi connectivity index (χ0n) is 12.0. The van der Waals surface area contributed by atoms with Crippen molar-refractivity contribution in [2.75, 3.05) is 23.8 Å². The topological polar surface area (TPSA) is 15.3 Å². The molecule has 0 saturated carbocycles. The Morgan fingerprint density at radius 3 is 2.90 bits per heavy atom. The van der Waals surface area contributed by atoms with E-state index in [0.29, 0.717) is 6.54 Å². The Morgan fingerprint density at radius 1 is 1.19 bits per heavy atom. The molecular formula is C17H18F2N2. The smallest absolute Gasteiger partial charge is 0.181 e. The molecule has 0 bridgehead atoms. The molecule has 1 N–H and O–H groups in total. The van der Waals surface area contributed by atoms with E-state index in [0.717, 1.165) is 31.0 Å². The number of anilines is 2. The highest BCUT2D eigenvalue weighted by atomic mass is 19.2. The number of rotatable bonds is 3. The average molecular weight is 288 g/mol. The standard InChI is InChI=1S/C17H18F2N2/c1-21-9-3-4-13-10-12(7-8-16(13)21)11-20-15-6-2-5-14(18)17(15)19/h2,5-8,10,20H,3-4,9,11H2,1H3. The number of fused-ring (bicyclic) bond motifs is 1. The molecule has 1 aliphatic heterocycles. The highest BCUT2D eigenvalue weighted by Crippen LogP contribution is 2.27. The van der Waals surface area contributed by atoms with Crippen LogP contribution in [0.1, 0.15) is 17.5 Å². The largest absolute Gasteiger partial charge is 0.379 e. The Labute approximate surface area is 123 Å². The van der Waals surface area contributed by atoms with Gasteiger partial charge in [-0.3, -0.25) is 0 Å². The maximum Gasteiger partial charge on any atom is 0.181 e. The summed E-state index contributed by atoms with van der Waals surface area (Å²) >= 11 is 0. The van der Waals surface area contributed by atoms with E-state index in [4.69, 9.17) is 0 Å². The lowest BCUT2D eigenvalue weighted by Gasteiger charge is -2.27. The Hall–Kier alpha value is -2.10. The van der Waals surface area contributed by atoms with Crippen LogP contribution in [0.25, 0.3) is 0 Å². The molecule has 0 fully saturated rings. The van der Waals surface area contributed by atoms with Gasteiger partial charge in [0.1, 0.15) is 0 Å². The van der Waals surface area contributed by atoms with Gasteiger partial charge in [-0.15, -0.1) is 0 Å². The van der Waals surface area contributed by atoms with Crippen LogP contribution in [0.4, 0.5) is 20.2 Å². The van der Waals surface area contributed by atoms with Gasteiger partial charge < -0.3 is 10.2 Å². The van der Waals surface area contributed by atoms with Crippen molar-refractivity contribution >= 4 is 11.4 Å². The molecule has 1 aliphatic rings. The molecule has 3 rings (SSSR count). The van der Waals surface area contributed by atoms with Crippen LogP contribution in [0.15, 0.2) is 36.4 Å². The van der Waals surface area contributed by atoms with Crippen molar-refractivity contribution < 1.29 is 8.78 Å². The number of aryl methyl sites for hydroxylation is 1. The van der Waals surface area contributed by atoms with E-state index in [1.807, 2.05) is 6.07 Å². The highest BCUT2D eigenvalue weighted by Gasteiger charge is 2.14. The summed E-state index contributed by atoms with van der Waals surface area (Å²) in [5.74, 6) is -1.65. The second kappa shape index (κ2) is 5.72. The fraction of sp³-hybridized carbons (Fsp3) is 0.294. The minimum atomic E-state index is -0.827. The van der Waals surface area contributed by atoms with Gasteiger partial charge in [-0.25, -0.2) is 8.78 Å².